The van der Waals surface area contributed by atoms with Gasteiger partial charge in [-0.2, -0.15) is 0 Å². The van der Waals surface area contributed by atoms with E-state index in [0.29, 0.717) is 0 Å². The molecule has 0 aliphatic rings. The van der Waals surface area contributed by atoms with Gasteiger partial charge in [0.25, 0.3) is 0 Å². The largest absolute Gasteiger partial charge is 0.389 e. The van der Waals surface area contributed by atoms with Crippen LogP contribution < -0.4 is 0 Å². The lowest BCUT2D eigenvalue weighted by Gasteiger charge is -2.43. The molecule has 13 heavy (non-hydrogen) atoms. The normalized spacial score (nSPS) is 18.5. The van der Waals surface area contributed by atoms with Crippen molar-refractivity contribution in [3.05, 3.63) is 0 Å². The summed E-state index contributed by atoms with van der Waals surface area (Å²) >= 11 is 0. The summed E-state index contributed by atoms with van der Waals surface area (Å²) in [6.45, 7) is 14.9. The Kier molecular flexibility index (Phi) is 3.59. The quantitative estimate of drug-likeness (QED) is 0.698. The summed E-state index contributed by atoms with van der Waals surface area (Å²) in [4.78, 5) is 0. The summed E-state index contributed by atoms with van der Waals surface area (Å²) < 4.78 is 0. The highest BCUT2D eigenvalue weighted by Gasteiger charge is 2.40. The molecule has 0 spiro atoms. The highest BCUT2D eigenvalue weighted by molar-refractivity contribution is 4.92. The van der Waals surface area contributed by atoms with E-state index in [4.69, 9.17) is 0 Å². The number of aliphatic hydroxyl groups is 1. The van der Waals surface area contributed by atoms with Crippen LogP contribution in [0.5, 0.6) is 0 Å². The zero-order valence-corrected chi connectivity index (χ0v) is 10.4. The molecule has 0 saturated heterocycles. The van der Waals surface area contributed by atoms with Crippen molar-refractivity contribution in [3.8, 4) is 0 Å². The zero-order chi connectivity index (χ0) is 10.9. The first-order valence-corrected chi connectivity index (χ1v) is 5.24. The van der Waals surface area contributed by atoms with Gasteiger partial charge in [-0.1, -0.05) is 48.5 Å². The molecule has 1 N–H and O–H groups in total. The van der Waals surface area contributed by atoms with Crippen LogP contribution in [0.25, 0.3) is 0 Å². The lowest BCUT2D eigenvalue weighted by atomic mass is 9.67. The van der Waals surface area contributed by atoms with E-state index in [0.717, 1.165) is 12.8 Å². The third-order valence-corrected chi connectivity index (χ3v) is 2.80. The van der Waals surface area contributed by atoms with Gasteiger partial charge in [0.05, 0.1) is 5.60 Å². The van der Waals surface area contributed by atoms with Crippen molar-refractivity contribution in [1.82, 2.24) is 0 Å². The Hall–Kier alpha value is -0.0400. The molecule has 0 aromatic heterocycles. The van der Waals surface area contributed by atoms with Gasteiger partial charge in [0.2, 0.25) is 0 Å². The molecule has 1 nitrogen and oxygen atoms in total. The molecule has 0 aromatic rings. The van der Waals surface area contributed by atoms with Crippen LogP contribution >= 0.6 is 0 Å². The number of hydrogen-bond acceptors (Lipinski definition) is 1. The Balaban J connectivity index is 4.67. The Bertz CT molecular complexity index is 159. The lowest BCUT2D eigenvalue weighted by molar-refractivity contribution is -0.0876. The fourth-order valence-electron chi connectivity index (χ4n) is 1.80. The van der Waals surface area contributed by atoms with Crippen LogP contribution in [-0.4, -0.2) is 10.7 Å². The van der Waals surface area contributed by atoms with Crippen LogP contribution in [0.15, 0.2) is 0 Å². The molecule has 0 fully saturated rings. The SMILES string of the molecule is CC[C@@](O)(CC(C)(C)C)C(C)(C)C. The minimum absolute atomic E-state index is 0.0327. The van der Waals surface area contributed by atoms with Crippen LogP contribution in [0.2, 0.25) is 0 Å². The highest BCUT2D eigenvalue weighted by atomic mass is 16.3. The Morgan fingerprint density at radius 3 is 1.38 bits per heavy atom. The smallest absolute Gasteiger partial charge is 0.0698 e. The Labute approximate surface area is 83.5 Å². The third-order valence-electron chi connectivity index (χ3n) is 2.80. The van der Waals surface area contributed by atoms with Crippen molar-refractivity contribution in [1.29, 1.82) is 0 Å². The van der Waals surface area contributed by atoms with E-state index >= 15 is 0 Å². The topological polar surface area (TPSA) is 20.2 Å². The summed E-state index contributed by atoms with van der Waals surface area (Å²) in [5.41, 5.74) is -0.377. The fourth-order valence-corrected chi connectivity index (χ4v) is 1.80. The maximum atomic E-state index is 10.5. The highest BCUT2D eigenvalue weighted by Crippen LogP contribution is 2.41. The predicted octanol–water partition coefficient (Wildman–Crippen LogP) is 3.61. The van der Waals surface area contributed by atoms with Crippen molar-refractivity contribution in [2.24, 2.45) is 10.8 Å². The van der Waals surface area contributed by atoms with Crippen molar-refractivity contribution < 1.29 is 5.11 Å². The van der Waals surface area contributed by atoms with Gasteiger partial charge >= 0.3 is 0 Å². The van der Waals surface area contributed by atoms with Crippen molar-refractivity contribution in [2.45, 2.75) is 66.9 Å². The van der Waals surface area contributed by atoms with Gasteiger partial charge in [0, 0.05) is 0 Å². The van der Waals surface area contributed by atoms with Crippen molar-refractivity contribution >= 4 is 0 Å². The van der Waals surface area contributed by atoms with Crippen LogP contribution in [0.1, 0.15) is 61.3 Å². The average molecular weight is 186 g/mol. The van der Waals surface area contributed by atoms with E-state index in [-0.39, 0.29) is 10.8 Å². The standard InChI is InChI=1S/C12H26O/c1-8-12(13,11(5,6)7)9-10(2,3)4/h13H,8-9H2,1-7H3/t12-/m1/s1. The monoisotopic (exact) mass is 186 g/mol. The van der Waals surface area contributed by atoms with Crippen molar-refractivity contribution in [2.75, 3.05) is 0 Å². The predicted molar refractivity (Wildman–Crippen MR) is 58.8 cm³/mol. The molecule has 0 bridgehead atoms. The zero-order valence-electron chi connectivity index (χ0n) is 10.4. The summed E-state index contributed by atoms with van der Waals surface area (Å²) in [5.74, 6) is 0. The van der Waals surface area contributed by atoms with E-state index in [1.165, 1.54) is 0 Å². The van der Waals surface area contributed by atoms with Crippen LogP contribution in [-0.2, 0) is 0 Å². The number of hydrogen-bond donors (Lipinski definition) is 1. The van der Waals surface area contributed by atoms with E-state index in [9.17, 15) is 5.11 Å². The minimum atomic E-state index is -0.536. The summed E-state index contributed by atoms with van der Waals surface area (Å²) in [7, 11) is 0. The second-order valence-corrected chi connectivity index (χ2v) is 6.37. The first-order chi connectivity index (χ1) is 5.52. The maximum Gasteiger partial charge on any atom is 0.0698 e. The molecule has 1 heteroatoms. The van der Waals surface area contributed by atoms with Crippen LogP contribution in [0.3, 0.4) is 0 Å². The van der Waals surface area contributed by atoms with Gasteiger partial charge in [-0.05, 0) is 23.7 Å². The van der Waals surface area contributed by atoms with E-state index in [1.807, 2.05) is 0 Å². The van der Waals surface area contributed by atoms with Gasteiger partial charge in [-0.15, -0.1) is 0 Å². The molecule has 0 aliphatic carbocycles. The van der Waals surface area contributed by atoms with Gasteiger partial charge in [0.15, 0.2) is 0 Å². The molecular weight excluding hydrogens is 160 g/mol. The summed E-state index contributed by atoms with van der Waals surface area (Å²) in [6, 6.07) is 0. The lowest BCUT2D eigenvalue weighted by Crippen LogP contribution is -2.45. The Morgan fingerprint density at radius 2 is 1.31 bits per heavy atom. The second kappa shape index (κ2) is 3.61. The molecule has 0 radical (unpaired) electrons. The second-order valence-electron chi connectivity index (χ2n) is 6.37. The first-order valence-electron chi connectivity index (χ1n) is 5.24. The molecule has 0 heterocycles. The number of rotatable bonds is 2. The van der Waals surface area contributed by atoms with Gasteiger partial charge < -0.3 is 5.11 Å². The van der Waals surface area contributed by atoms with Gasteiger partial charge in [0.1, 0.15) is 0 Å². The molecule has 0 rings (SSSR count). The Morgan fingerprint density at radius 1 is 0.923 bits per heavy atom. The maximum absolute atomic E-state index is 10.5. The molecule has 0 aromatic carbocycles. The minimum Gasteiger partial charge on any atom is -0.389 e. The van der Waals surface area contributed by atoms with E-state index in [1.54, 1.807) is 0 Å². The molecule has 0 aliphatic heterocycles. The van der Waals surface area contributed by atoms with Crippen molar-refractivity contribution in [3.63, 3.8) is 0 Å². The average Bonchev–Trinajstić information content (AvgIpc) is 1.81. The molecular formula is C12H26O. The van der Waals surface area contributed by atoms with E-state index in [2.05, 4.69) is 48.5 Å². The molecule has 80 valence electrons. The summed E-state index contributed by atoms with van der Waals surface area (Å²) in [6.07, 6.45) is 1.69. The van der Waals surface area contributed by atoms with Gasteiger partial charge in [-0.3, -0.25) is 0 Å². The van der Waals surface area contributed by atoms with Gasteiger partial charge in [-0.25, -0.2) is 0 Å². The summed E-state index contributed by atoms with van der Waals surface area (Å²) in [5, 5.41) is 10.5. The van der Waals surface area contributed by atoms with E-state index < -0.39 is 5.60 Å². The first kappa shape index (κ1) is 13.0. The van der Waals surface area contributed by atoms with Crippen LogP contribution in [0, 0.1) is 10.8 Å². The molecule has 0 unspecified atom stereocenters. The molecule has 1 atom stereocenters. The molecule has 0 amide bonds. The third kappa shape index (κ3) is 3.68. The molecule has 0 saturated carbocycles. The van der Waals surface area contributed by atoms with Crippen LogP contribution in [0.4, 0.5) is 0 Å². The fraction of sp³-hybridized carbons (Fsp3) is 1.00.